The normalized spacial score (nSPS) is 23.1. The SMILES string of the molecule is COc1ccc(F)c(CN2CCC[C@@]3(CCN(CC(=O)N(C)C)C3)C2=O)c1. The van der Waals surface area contributed by atoms with E-state index in [1.807, 2.05) is 0 Å². The zero-order chi connectivity index (χ0) is 19.6. The summed E-state index contributed by atoms with van der Waals surface area (Å²) < 4.78 is 19.4. The molecule has 3 rings (SSSR count). The number of likely N-dealkylation sites (tertiary alicyclic amines) is 2. The van der Waals surface area contributed by atoms with Gasteiger partial charge in [0.2, 0.25) is 11.8 Å². The van der Waals surface area contributed by atoms with Gasteiger partial charge in [0.1, 0.15) is 11.6 Å². The molecule has 0 radical (unpaired) electrons. The molecule has 1 aromatic carbocycles. The highest BCUT2D eigenvalue weighted by Crippen LogP contribution is 2.40. The van der Waals surface area contributed by atoms with Crippen molar-refractivity contribution in [3.05, 3.63) is 29.6 Å². The second kappa shape index (κ2) is 7.84. The van der Waals surface area contributed by atoms with Crippen molar-refractivity contribution in [1.82, 2.24) is 14.7 Å². The quantitative estimate of drug-likeness (QED) is 0.784. The maximum absolute atomic E-state index is 14.2. The monoisotopic (exact) mass is 377 g/mol. The van der Waals surface area contributed by atoms with Crippen molar-refractivity contribution in [1.29, 1.82) is 0 Å². The molecule has 2 aliphatic rings. The van der Waals surface area contributed by atoms with E-state index in [-0.39, 0.29) is 24.2 Å². The Morgan fingerprint density at radius 2 is 2.07 bits per heavy atom. The average Bonchev–Trinajstić information content (AvgIpc) is 3.04. The van der Waals surface area contributed by atoms with Crippen LogP contribution in [0.25, 0.3) is 0 Å². The lowest BCUT2D eigenvalue weighted by atomic mass is 9.78. The average molecular weight is 377 g/mol. The fraction of sp³-hybridized carbons (Fsp3) is 0.600. The van der Waals surface area contributed by atoms with Gasteiger partial charge in [-0.05, 0) is 44.0 Å². The molecule has 0 aliphatic carbocycles. The first-order valence-electron chi connectivity index (χ1n) is 9.39. The van der Waals surface area contributed by atoms with E-state index in [1.165, 1.54) is 6.07 Å². The van der Waals surface area contributed by atoms with E-state index in [0.29, 0.717) is 30.9 Å². The van der Waals surface area contributed by atoms with Crippen LogP contribution in [0.4, 0.5) is 4.39 Å². The summed E-state index contributed by atoms with van der Waals surface area (Å²) in [6, 6.07) is 4.61. The molecule has 2 aliphatic heterocycles. The van der Waals surface area contributed by atoms with Crippen LogP contribution in [0.1, 0.15) is 24.8 Å². The lowest BCUT2D eigenvalue weighted by molar-refractivity contribution is -0.146. The van der Waals surface area contributed by atoms with Crippen molar-refractivity contribution in [3.63, 3.8) is 0 Å². The first-order chi connectivity index (χ1) is 12.8. The van der Waals surface area contributed by atoms with Crippen molar-refractivity contribution in [2.24, 2.45) is 5.41 Å². The summed E-state index contributed by atoms with van der Waals surface area (Å²) in [5, 5.41) is 0. The highest BCUT2D eigenvalue weighted by atomic mass is 19.1. The van der Waals surface area contributed by atoms with Crippen LogP contribution in [0.5, 0.6) is 5.75 Å². The summed E-state index contributed by atoms with van der Waals surface area (Å²) in [6.07, 6.45) is 2.48. The minimum atomic E-state index is -0.444. The topological polar surface area (TPSA) is 53.1 Å². The Morgan fingerprint density at radius 3 is 2.78 bits per heavy atom. The summed E-state index contributed by atoms with van der Waals surface area (Å²) in [6.45, 7) is 2.57. The Bertz CT molecular complexity index is 724. The lowest BCUT2D eigenvalue weighted by Crippen LogP contribution is -2.50. The van der Waals surface area contributed by atoms with Crippen LogP contribution in [-0.2, 0) is 16.1 Å². The number of halogens is 1. The van der Waals surface area contributed by atoms with E-state index in [0.717, 1.165) is 25.8 Å². The predicted octanol–water partition coefficient (Wildman–Crippen LogP) is 1.74. The van der Waals surface area contributed by atoms with Gasteiger partial charge in [-0.25, -0.2) is 4.39 Å². The molecule has 1 spiro atoms. The summed E-state index contributed by atoms with van der Waals surface area (Å²) in [4.78, 5) is 30.6. The standard InChI is InChI=1S/C20H28FN3O3/c1-22(2)18(25)13-23-10-8-20(14-23)7-4-9-24(19(20)26)12-15-11-16(27-3)5-6-17(15)21/h5-6,11H,4,7-10,12-14H2,1-3H3/t20-/m0/s1. The minimum absolute atomic E-state index is 0.0469. The van der Waals surface area contributed by atoms with Gasteiger partial charge in [-0.2, -0.15) is 0 Å². The maximum atomic E-state index is 14.2. The number of ether oxygens (including phenoxy) is 1. The molecule has 1 atom stereocenters. The van der Waals surface area contributed by atoms with Crippen molar-refractivity contribution < 1.29 is 18.7 Å². The fourth-order valence-electron chi connectivity index (χ4n) is 4.11. The predicted molar refractivity (Wildman–Crippen MR) is 99.8 cm³/mol. The van der Waals surface area contributed by atoms with Gasteiger partial charge >= 0.3 is 0 Å². The molecule has 0 saturated carbocycles. The zero-order valence-electron chi connectivity index (χ0n) is 16.3. The van der Waals surface area contributed by atoms with Crippen molar-refractivity contribution >= 4 is 11.8 Å². The highest BCUT2D eigenvalue weighted by molar-refractivity contribution is 5.84. The zero-order valence-corrected chi connectivity index (χ0v) is 16.3. The molecule has 27 heavy (non-hydrogen) atoms. The third-order valence-corrected chi connectivity index (χ3v) is 5.73. The van der Waals surface area contributed by atoms with E-state index in [9.17, 15) is 14.0 Å². The molecule has 1 aromatic rings. The first-order valence-corrected chi connectivity index (χ1v) is 9.39. The molecule has 2 amide bonds. The van der Waals surface area contributed by atoms with Gasteiger partial charge < -0.3 is 14.5 Å². The van der Waals surface area contributed by atoms with Gasteiger partial charge in [-0.3, -0.25) is 14.5 Å². The molecule has 0 N–H and O–H groups in total. The Kier molecular flexibility index (Phi) is 5.69. The van der Waals surface area contributed by atoms with E-state index in [4.69, 9.17) is 4.74 Å². The van der Waals surface area contributed by atoms with Crippen LogP contribution in [0, 0.1) is 11.2 Å². The van der Waals surface area contributed by atoms with Crippen molar-refractivity contribution in [2.45, 2.75) is 25.8 Å². The van der Waals surface area contributed by atoms with Crippen LogP contribution >= 0.6 is 0 Å². The Balaban J connectivity index is 1.70. The maximum Gasteiger partial charge on any atom is 0.236 e. The molecule has 148 valence electrons. The van der Waals surface area contributed by atoms with Crippen LogP contribution < -0.4 is 4.74 Å². The van der Waals surface area contributed by atoms with E-state index in [2.05, 4.69) is 4.90 Å². The van der Waals surface area contributed by atoms with E-state index in [1.54, 1.807) is 43.1 Å². The molecule has 2 fully saturated rings. The molecule has 0 unspecified atom stereocenters. The van der Waals surface area contributed by atoms with Crippen LogP contribution in [-0.4, -0.2) is 73.9 Å². The molecule has 7 heteroatoms. The second-order valence-electron chi connectivity index (χ2n) is 7.82. The van der Waals surface area contributed by atoms with Gasteiger partial charge in [0.25, 0.3) is 0 Å². The summed E-state index contributed by atoms with van der Waals surface area (Å²) in [5.74, 6) is 0.383. The second-order valence-corrected chi connectivity index (χ2v) is 7.82. The molecular formula is C20H28FN3O3. The number of likely N-dealkylation sites (N-methyl/N-ethyl adjacent to an activating group) is 1. The van der Waals surface area contributed by atoms with Gasteiger partial charge in [0, 0.05) is 39.3 Å². The summed E-state index contributed by atoms with van der Waals surface area (Å²) >= 11 is 0. The van der Waals surface area contributed by atoms with Gasteiger partial charge in [0.05, 0.1) is 19.1 Å². The van der Waals surface area contributed by atoms with Gasteiger partial charge in [-0.15, -0.1) is 0 Å². The summed E-state index contributed by atoms with van der Waals surface area (Å²) in [5.41, 5.74) is 0.0255. The van der Waals surface area contributed by atoms with Gasteiger partial charge in [0.15, 0.2) is 0 Å². The number of carbonyl (C=O) groups is 2. The fourth-order valence-corrected chi connectivity index (χ4v) is 4.11. The smallest absolute Gasteiger partial charge is 0.236 e. The van der Waals surface area contributed by atoms with Gasteiger partial charge in [-0.1, -0.05) is 0 Å². The van der Waals surface area contributed by atoms with Crippen LogP contribution in [0.2, 0.25) is 0 Å². The van der Waals surface area contributed by atoms with Crippen LogP contribution in [0.15, 0.2) is 18.2 Å². The number of rotatable bonds is 5. The number of benzene rings is 1. The number of amides is 2. The molecule has 6 nitrogen and oxygen atoms in total. The number of piperidine rings is 1. The van der Waals surface area contributed by atoms with E-state index >= 15 is 0 Å². The molecular weight excluding hydrogens is 349 g/mol. The Morgan fingerprint density at radius 1 is 1.30 bits per heavy atom. The van der Waals surface area contributed by atoms with Crippen molar-refractivity contribution in [3.8, 4) is 5.75 Å². The molecule has 0 aromatic heterocycles. The third-order valence-electron chi connectivity index (χ3n) is 5.73. The largest absolute Gasteiger partial charge is 0.497 e. The number of hydrogen-bond acceptors (Lipinski definition) is 4. The first kappa shape index (κ1) is 19.6. The van der Waals surface area contributed by atoms with Crippen LogP contribution in [0.3, 0.4) is 0 Å². The molecule has 0 bridgehead atoms. The highest BCUT2D eigenvalue weighted by Gasteiger charge is 2.48. The molecule has 2 heterocycles. The van der Waals surface area contributed by atoms with Crippen molar-refractivity contribution in [2.75, 3.05) is 47.4 Å². The Hall–Kier alpha value is -2.15. The lowest BCUT2D eigenvalue weighted by Gasteiger charge is -2.39. The van der Waals surface area contributed by atoms with E-state index < -0.39 is 5.41 Å². The number of hydrogen-bond donors (Lipinski definition) is 0. The number of carbonyl (C=O) groups excluding carboxylic acids is 2. The minimum Gasteiger partial charge on any atom is -0.497 e. The Labute approximate surface area is 159 Å². The number of methoxy groups -OCH3 is 1. The third kappa shape index (κ3) is 4.08. The summed E-state index contributed by atoms with van der Waals surface area (Å²) in [7, 11) is 5.02. The number of nitrogens with zero attached hydrogens (tertiary/aromatic N) is 3. The molecule has 2 saturated heterocycles.